The van der Waals surface area contributed by atoms with Gasteiger partial charge in [-0.1, -0.05) is 24.3 Å². The molecule has 1 rings (SSSR count). The van der Waals surface area contributed by atoms with Gasteiger partial charge in [0.05, 0.1) is 5.69 Å². The Hall–Kier alpha value is -2.01. The number of carbonyl (C=O) groups is 1. The largest absolute Gasteiger partial charge is 0.506 e. The quantitative estimate of drug-likeness (QED) is 0.733. The van der Waals surface area contributed by atoms with Gasteiger partial charge in [0.15, 0.2) is 0 Å². The Labute approximate surface area is 113 Å². The summed E-state index contributed by atoms with van der Waals surface area (Å²) in [6, 6.07) is 4.94. The minimum atomic E-state index is -0.614. The number of hydrogen-bond acceptors (Lipinski definition) is 4. The van der Waals surface area contributed by atoms with E-state index in [4.69, 9.17) is 10.5 Å². The summed E-state index contributed by atoms with van der Waals surface area (Å²) in [5.74, 6) is -0.0231. The second kappa shape index (κ2) is 6.24. The first-order valence-corrected chi connectivity index (χ1v) is 6.02. The van der Waals surface area contributed by atoms with Gasteiger partial charge < -0.3 is 15.6 Å². The normalized spacial score (nSPS) is 11.6. The highest BCUT2D eigenvalue weighted by Gasteiger charge is 2.18. The van der Waals surface area contributed by atoms with Crippen LogP contribution in [0.15, 0.2) is 24.3 Å². The van der Waals surface area contributed by atoms with Gasteiger partial charge in [0.2, 0.25) is 0 Å². The summed E-state index contributed by atoms with van der Waals surface area (Å²) >= 11 is 0. The summed E-state index contributed by atoms with van der Waals surface area (Å²) in [6.45, 7) is 5.69. The lowest BCUT2D eigenvalue weighted by molar-refractivity contribution is 0.0635. The number of ether oxygens (including phenoxy) is 1. The molecule has 1 amide bonds. The molecule has 0 aromatic heterocycles. The van der Waals surface area contributed by atoms with Crippen LogP contribution in [0.25, 0.3) is 6.08 Å². The van der Waals surface area contributed by atoms with Crippen molar-refractivity contribution < 1.29 is 14.6 Å². The minimum absolute atomic E-state index is 0.0231. The van der Waals surface area contributed by atoms with Crippen LogP contribution < -0.4 is 11.1 Å². The number of carbonyl (C=O) groups excluding carboxylic acids is 1. The third-order valence-corrected chi connectivity index (χ3v) is 2.13. The molecule has 0 unspecified atom stereocenters. The van der Waals surface area contributed by atoms with Crippen LogP contribution in [0.3, 0.4) is 0 Å². The number of rotatable bonds is 3. The van der Waals surface area contributed by atoms with E-state index in [1.807, 2.05) is 0 Å². The Bertz CT molecular complexity index is 476. The third kappa shape index (κ3) is 5.01. The van der Waals surface area contributed by atoms with E-state index in [0.717, 1.165) is 0 Å². The van der Waals surface area contributed by atoms with Gasteiger partial charge in [0, 0.05) is 12.1 Å². The summed E-state index contributed by atoms with van der Waals surface area (Å²) in [6.07, 6.45) is 2.85. The monoisotopic (exact) mass is 264 g/mol. The zero-order chi connectivity index (χ0) is 14.5. The fraction of sp³-hybridized carbons (Fsp3) is 0.357. The molecule has 0 saturated carbocycles. The molecule has 0 saturated heterocycles. The minimum Gasteiger partial charge on any atom is -0.506 e. The summed E-state index contributed by atoms with van der Waals surface area (Å²) < 4.78 is 5.15. The van der Waals surface area contributed by atoms with Crippen LogP contribution in [0.2, 0.25) is 0 Å². The summed E-state index contributed by atoms with van der Waals surface area (Å²) in [5.41, 5.74) is 5.76. The van der Waals surface area contributed by atoms with E-state index in [0.29, 0.717) is 17.8 Å². The van der Waals surface area contributed by atoms with Crippen molar-refractivity contribution in [2.45, 2.75) is 26.4 Å². The highest BCUT2D eigenvalue weighted by atomic mass is 16.6. The van der Waals surface area contributed by atoms with Gasteiger partial charge in [-0.25, -0.2) is 4.79 Å². The molecule has 0 bridgehead atoms. The van der Waals surface area contributed by atoms with Gasteiger partial charge in [-0.15, -0.1) is 0 Å². The second-order valence-electron chi connectivity index (χ2n) is 5.01. The first-order valence-electron chi connectivity index (χ1n) is 6.02. The predicted octanol–water partition coefficient (Wildman–Crippen LogP) is 2.71. The van der Waals surface area contributed by atoms with Crippen molar-refractivity contribution in [3.63, 3.8) is 0 Å². The molecule has 0 radical (unpaired) electrons. The molecule has 104 valence electrons. The van der Waals surface area contributed by atoms with E-state index in [9.17, 15) is 9.90 Å². The number of phenols is 1. The fourth-order valence-electron chi connectivity index (χ4n) is 1.43. The van der Waals surface area contributed by atoms with E-state index in [-0.39, 0.29) is 5.75 Å². The predicted molar refractivity (Wildman–Crippen MR) is 76.1 cm³/mol. The molecular formula is C14H20N2O3. The lowest BCUT2D eigenvalue weighted by atomic mass is 10.1. The number of hydrogen-bond donors (Lipinski definition) is 3. The van der Waals surface area contributed by atoms with Crippen molar-refractivity contribution in [2.24, 2.45) is 5.73 Å². The first kappa shape index (κ1) is 15.0. The molecule has 1 aromatic carbocycles. The molecule has 4 N–H and O–H groups in total. The van der Waals surface area contributed by atoms with Gasteiger partial charge in [-0.2, -0.15) is 0 Å². The maximum Gasteiger partial charge on any atom is 0.412 e. The highest BCUT2D eigenvalue weighted by molar-refractivity contribution is 5.90. The lowest BCUT2D eigenvalue weighted by Crippen LogP contribution is -2.27. The molecule has 1 aromatic rings. The number of aromatic hydroxyl groups is 1. The van der Waals surface area contributed by atoms with Gasteiger partial charge in [-0.3, -0.25) is 5.32 Å². The summed E-state index contributed by atoms with van der Waals surface area (Å²) in [7, 11) is 0. The number of para-hydroxylation sites is 1. The smallest absolute Gasteiger partial charge is 0.412 e. The average molecular weight is 264 g/mol. The highest BCUT2D eigenvalue weighted by Crippen LogP contribution is 2.28. The van der Waals surface area contributed by atoms with E-state index in [1.54, 1.807) is 45.1 Å². The Morgan fingerprint density at radius 3 is 2.74 bits per heavy atom. The molecule has 5 nitrogen and oxygen atoms in total. The summed E-state index contributed by atoms with van der Waals surface area (Å²) in [4.78, 5) is 11.7. The summed E-state index contributed by atoms with van der Waals surface area (Å²) in [5, 5.41) is 12.3. The molecule has 0 aliphatic carbocycles. The van der Waals surface area contributed by atoms with Crippen LogP contribution in [0, 0.1) is 0 Å². The zero-order valence-corrected chi connectivity index (χ0v) is 11.4. The zero-order valence-electron chi connectivity index (χ0n) is 11.4. The number of benzene rings is 1. The molecule has 0 spiro atoms. The molecule has 19 heavy (non-hydrogen) atoms. The maximum atomic E-state index is 11.7. The van der Waals surface area contributed by atoms with E-state index in [2.05, 4.69) is 5.32 Å². The Balaban J connectivity index is 2.93. The number of nitrogens with one attached hydrogen (secondary N) is 1. The van der Waals surface area contributed by atoms with Crippen LogP contribution in [0.5, 0.6) is 5.75 Å². The standard InChI is InChI=1S/C14H20N2O3/c1-14(2,3)19-13(18)16-12-10(7-5-9-15)6-4-8-11(12)17/h4-8,17H,9,15H2,1-3H3,(H,16,18)/b7-5+. The Morgan fingerprint density at radius 2 is 2.16 bits per heavy atom. The van der Waals surface area contributed by atoms with Crippen LogP contribution in [0.4, 0.5) is 10.5 Å². The number of amides is 1. The fourth-order valence-corrected chi connectivity index (χ4v) is 1.43. The molecule has 0 atom stereocenters. The third-order valence-electron chi connectivity index (χ3n) is 2.13. The van der Waals surface area contributed by atoms with Gasteiger partial charge in [-0.05, 0) is 26.8 Å². The molecule has 5 heteroatoms. The van der Waals surface area contributed by atoms with Crippen LogP contribution in [0.1, 0.15) is 26.3 Å². The van der Waals surface area contributed by atoms with E-state index >= 15 is 0 Å². The molecular weight excluding hydrogens is 244 g/mol. The Kier molecular flexibility index (Phi) is 4.94. The lowest BCUT2D eigenvalue weighted by Gasteiger charge is -2.20. The van der Waals surface area contributed by atoms with Crippen LogP contribution >= 0.6 is 0 Å². The SMILES string of the molecule is CC(C)(C)OC(=O)Nc1c(O)cccc1/C=C/CN. The van der Waals surface area contributed by atoms with Crippen LogP contribution in [-0.4, -0.2) is 23.3 Å². The maximum absolute atomic E-state index is 11.7. The van der Waals surface area contributed by atoms with E-state index in [1.165, 1.54) is 6.07 Å². The molecule has 0 heterocycles. The van der Waals surface area contributed by atoms with Crippen molar-refractivity contribution in [3.8, 4) is 5.75 Å². The number of nitrogens with two attached hydrogens (primary N) is 1. The molecule has 0 aliphatic rings. The number of phenolic OH excluding ortho intramolecular Hbond substituents is 1. The van der Waals surface area contributed by atoms with Crippen LogP contribution in [-0.2, 0) is 4.74 Å². The average Bonchev–Trinajstić information content (AvgIpc) is 2.27. The van der Waals surface area contributed by atoms with E-state index < -0.39 is 11.7 Å². The van der Waals surface area contributed by atoms with Crippen molar-refractivity contribution in [3.05, 3.63) is 29.8 Å². The topological polar surface area (TPSA) is 84.6 Å². The van der Waals surface area contributed by atoms with Crippen molar-refractivity contribution in [1.29, 1.82) is 0 Å². The number of anilines is 1. The van der Waals surface area contributed by atoms with Crippen molar-refractivity contribution in [1.82, 2.24) is 0 Å². The Morgan fingerprint density at radius 1 is 1.47 bits per heavy atom. The molecule has 0 aliphatic heterocycles. The van der Waals surface area contributed by atoms with Gasteiger partial charge >= 0.3 is 6.09 Å². The molecule has 0 fully saturated rings. The van der Waals surface area contributed by atoms with Crippen molar-refractivity contribution in [2.75, 3.05) is 11.9 Å². The second-order valence-corrected chi connectivity index (χ2v) is 5.01. The first-order chi connectivity index (χ1) is 8.83. The van der Waals surface area contributed by atoms with Gasteiger partial charge in [0.25, 0.3) is 0 Å². The van der Waals surface area contributed by atoms with Crippen molar-refractivity contribution >= 4 is 17.9 Å². The van der Waals surface area contributed by atoms with Gasteiger partial charge in [0.1, 0.15) is 11.4 Å².